The molecule has 9 nitrogen and oxygen atoms in total. The van der Waals surface area contributed by atoms with Crippen LogP contribution in [0, 0.1) is 0 Å². The van der Waals surface area contributed by atoms with Gasteiger partial charge >= 0.3 is 5.97 Å². The third-order valence-electron chi connectivity index (χ3n) is 4.98. The number of nitrogens with zero attached hydrogens (tertiary/aromatic N) is 3. The first-order chi connectivity index (χ1) is 17.2. The number of carbonyl (C=O) groups is 3. The number of ether oxygens (including phenoxy) is 1. The average molecular weight is 530 g/mol. The van der Waals surface area contributed by atoms with E-state index in [1.165, 1.54) is 23.9 Å². The summed E-state index contributed by atoms with van der Waals surface area (Å²) in [5, 5.41) is 14.9. The van der Waals surface area contributed by atoms with Gasteiger partial charge in [0.25, 0.3) is 5.91 Å². The van der Waals surface area contributed by atoms with Crippen molar-refractivity contribution in [3.63, 3.8) is 0 Å². The van der Waals surface area contributed by atoms with Crippen LogP contribution < -0.4 is 10.6 Å². The number of nitrogens with one attached hydrogen (secondary N) is 2. The van der Waals surface area contributed by atoms with Crippen molar-refractivity contribution in [3.8, 4) is 0 Å². The highest BCUT2D eigenvalue weighted by atomic mass is 35.5. The van der Waals surface area contributed by atoms with Gasteiger partial charge in [-0.15, -0.1) is 10.2 Å². The van der Waals surface area contributed by atoms with E-state index in [0.29, 0.717) is 33.8 Å². The molecule has 1 heterocycles. The second-order valence-corrected chi connectivity index (χ2v) is 9.48. The molecule has 0 saturated heterocycles. The molecule has 11 heteroatoms. The van der Waals surface area contributed by atoms with E-state index in [4.69, 9.17) is 16.3 Å². The van der Waals surface area contributed by atoms with Crippen LogP contribution in [0.15, 0.2) is 53.7 Å². The fourth-order valence-corrected chi connectivity index (χ4v) is 4.28. The first-order valence-electron chi connectivity index (χ1n) is 11.4. The standard InChI is InChI=1S/C25H28ClN5O4S/c1-5-31-22(16(4)27-23(33)17-9-7-6-8-10-17)29-30-25(31)36-14-21(32)28-20-13-18(11-12-19(20)26)24(34)35-15(2)3/h6-13,15-16H,5,14H2,1-4H3,(H,27,33)(H,28,32). The molecule has 0 saturated carbocycles. The molecular formula is C25H28ClN5O4S. The highest BCUT2D eigenvalue weighted by Crippen LogP contribution is 2.25. The molecule has 36 heavy (non-hydrogen) atoms. The number of hydrogen-bond acceptors (Lipinski definition) is 7. The summed E-state index contributed by atoms with van der Waals surface area (Å²) < 4.78 is 7.05. The van der Waals surface area contributed by atoms with Gasteiger partial charge in [0.05, 0.1) is 34.2 Å². The van der Waals surface area contributed by atoms with Crippen molar-refractivity contribution in [1.82, 2.24) is 20.1 Å². The lowest BCUT2D eigenvalue weighted by Crippen LogP contribution is -2.28. The number of carbonyl (C=O) groups excluding carboxylic acids is 3. The van der Waals surface area contributed by atoms with Gasteiger partial charge in [0.1, 0.15) is 0 Å². The van der Waals surface area contributed by atoms with Crippen LogP contribution in [0.2, 0.25) is 5.02 Å². The van der Waals surface area contributed by atoms with Crippen molar-refractivity contribution < 1.29 is 19.1 Å². The third-order valence-corrected chi connectivity index (χ3v) is 6.28. The van der Waals surface area contributed by atoms with Crippen LogP contribution in [0.25, 0.3) is 0 Å². The van der Waals surface area contributed by atoms with Crippen LogP contribution in [-0.4, -0.2) is 44.4 Å². The number of amides is 2. The molecule has 1 atom stereocenters. The number of benzene rings is 2. The van der Waals surface area contributed by atoms with Crippen LogP contribution in [0.5, 0.6) is 0 Å². The maximum absolute atomic E-state index is 12.6. The summed E-state index contributed by atoms with van der Waals surface area (Å²) in [5.74, 6) is -0.403. The van der Waals surface area contributed by atoms with E-state index in [9.17, 15) is 14.4 Å². The zero-order valence-corrected chi connectivity index (χ0v) is 22.0. The van der Waals surface area contributed by atoms with Gasteiger partial charge in [-0.1, -0.05) is 41.6 Å². The van der Waals surface area contributed by atoms with Gasteiger partial charge in [-0.05, 0) is 58.0 Å². The molecule has 1 unspecified atom stereocenters. The van der Waals surface area contributed by atoms with E-state index in [2.05, 4.69) is 20.8 Å². The van der Waals surface area contributed by atoms with Gasteiger partial charge < -0.3 is 19.9 Å². The Balaban J connectivity index is 1.63. The minimum Gasteiger partial charge on any atom is -0.459 e. The number of thioether (sulfide) groups is 1. The number of aromatic nitrogens is 3. The van der Waals surface area contributed by atoms with Crippen molar-refractivity contribution in [1.29, 1.82) is 0 Å². The Labute approximate surface area is 219 Å². The van der Waals surface area contributed by atoms with Crippen LogP contribution in [0.1, 0.15) is 60.3 Å². The normalized spacial score (nSPS) is 11.7. The fourth-order valence-electron chi connectivity index (χ4n) is 3.30. The zero-order chi connectivity index (χ0) is 26.2. The first kappa shape index (κ1) is 27.2. The van der Waals surface area contributed by atoms with Crippen molar-refractivity contribution in [2.45, 2.75) is 51.5 Å². The first-order valence-corrected chi connectivity index (χ1v) is 12.8. The molecule has 3 rings (SSSR count). The summed E-state index contributed by atoms with van der Waals surface area (Å²) in [6.45, 7) is 7.84. The molecule has 0 spiro atoms. The lowest BCUT2D eigenvalue weighted by atomic mass is 10.2. The topological polar surface area (TPSA) is 115 Å². The fraction of sp³-hybridized carbons (Fsp3) is 0.320. The van der Waals surface area contributed by atoms with Crippen molar-refractivity contribution >= 4 is 46.8 Å². The van der Waals surface area contributed by atoms with Crippen molar-refractivity contribution in [2.75, 3.05) is 11.1 Å². The molecule has 190 valence electrons. The van der Waals surface area contributed by atoms with Gasteiger partial charge in [0.2, 0.25) is 5.91 Å². The summed E-state index contributed by atoms with van der Waals surface area (Å²) in [4.78, 5) is 37.3. The second kappa shape index (κ2) is 12.5. The molecule has 0 fully saturated rings. The number of hydrogen-bond donors (Lipinski definition) is 2. The van der Waals surface area contributed by atoms with Gasteiger partial charge in [-0.2, -0.15) is 0 Å². The van der Waals surface area contributed by atoms with Gasteiger partial charge in [0, 0.05) is 12.1 Å². The SMILES string of the molecule is CCn1c(SCC(=O)Nc2cc(C(=O)OC(C)C)ccc2Cl)nnc1C(C)NC(=O)c1ccccc1. The smallest absolute Gasteiger partial charge is 0.338 e. The molecule has 2 N–H and O–H groups in total. The minimum absolute atomic E-state index is 0.0416. The number of esters is 1. The Bertz CT molecular complexity index is 1230. The predicted octanol–water partition coefficient (Wildman–Crippen LogP) is 4.74. The summed E-state index contributed by atoms with van der Waals surface area (Å²) in [6, 6.07) is 13.1. The summed E-state index contributed by atoms with van der Waals surface area (Å²) in [7, 11) is 0. The molecule has 0 bridgehead atoms. The van der Waals surface area contributed by atoms with Crippen molar-refractivity contribution in [3.05, 3.63) is 70.5 Å². The molecule has 1 aromatic heterocycles. The summed E-state index contributed by atoms with van der Waals surface area (Å²) >= 11 is 7.41. The maximum Gasteiger partial charge on any atom is 0.338 e. The van der Waals surface area contributed by atoms with E-state index in [-0.39, 0.29) is 35.3 Å². The van der Waals surface area contributed by atoms with E-state index in [1.807, 2.05) is 24.5 Å². The predicted molar refractivity (Wildman–Crippen MR) is 139 cm³/mol. The summed E-state index contributed by atoms with van der Waals surface area (Å²) in [5.41, 5.74) is 1.16. The average Bonchev–Trinajstić information content (AvgIpc) is 3.27. The number of halogens is 1. The number of anilines is 1. The zero-order valence-electron chi connectivity index (χ0n) is 20.4. The third kappa shape index (κ3) is 7.08. The van der Waals surface area contributed by atoms with Gasteiger partial charge in [-0.3, -0.25) is 9.59 Å². The largest absolute Gasteiger partial charge is 0.459 e. The lowest BCUT2D eigenvalue weighted by molar-refractivity contribution is -0.113. The van der Waals surface area contributed by atoms with Crippen molar-refractivity contribution in [2.24, 2.45) is 0 Å². The molecule has 0 aliphatic rings. The molecule has 0 aliphatic heterocycles. The second-order valence-electron chi connectivity index (χ2n) is 8.13. The monoisotopic (exact) mass is 529 g/mol. The van der Waals surface area contributed by atoms with Gasteiger partial charge in [0.15, 0.2) is 11.0 Å². The van der Waals surface area contributed by atoms with E-state index >= 15 is 0 Å². The van der Waals surface area contributed by atoms with Crippen LogP contribution >= 0.6 is 23.4 Å². The van der Waals surface area contributed by atoms with Crippen LogP contribution in [0.3, 0.4) is 0 Å². The molecular weight excluding hydrogens is 502 g/mol. The van der Waals surface area contributed by atoms with E-state index < -0.39 is 5.97 Å². The van der Waals surface area contributed by atoms with Crippen LogP contribution in [0.4, 0.5) is 5.69 Å². The highest BCUT2D eigenvalue weighted by Gasteiger charge is 2.20. The Hall–Kier alpha value is -3.37. The van der Waals surface area contributed by atoms with E-state index in [1.54, 1.807) is 44.2 Å². The van der Waals surface area contributed by atoms with Crippen LogP contribution in [-0.2, 0) is 16.1 Å². The quantitative estimate of drug-likeness (QED) is 0.288. The Morgan fingerprint density at radius 2 is 1.78 bits per heavy atom. The molecule has 2 aromatic carbocycles. The molecule has 2 amide bonds. The molecule has 0 radical (unpaired) electrons. The Morgan fingerprint density at radius 1 is 1.06 bits per heavy atom. The van der Waals surface area contributed by atoms with Gasteiger partial charge in [-0.25, -0.2) is 4.79 Å². The summed E-state index contributed by atoms with van der Waals surface area (Å²) in [6.07, 6.45) is -0.266. The van der Waals surface area contributed by atoms with E-state index in [0.717, 1.165) is 0 Å². The molecule has 0 aliphatic carbocycles. The lowest BCUT2D eigenvalue weighted by Gasteiger charge is -2.15. The highest BCUT2D eigenvalue weighted by molar-refractivity contribution is 7.99. The Morgan fingerprint density at radius 3 is 2.44 bits per heavy atom. The maximum atomic E-state index is 12.6. The minimum atomic E-state index is -0.497. The number of rotatable bonds is 10. The Kier molecular flexibility index (Phi) is 9.49. The molecule has 3 aromatic rings.